The number of aryl methyl sites for hydroxylation is 1. The lowest BCUT2D eigenvalue weighted by Crippen LogP contribution is -2.30. The van der Waals surface area contributed by atoms with Gasteiger partial charge >= 0.3 is 0 Å². The van der Waals surface area contributed by atoms with Crippen LogP contribution in [0.2, 0.25) is 0 Å². The summed E-state index contributed by atoms with van der Waals surface area (Å²) in [6, 6.07) is 10.4. The van der Waals surface area contributed by atoms with E-state index in [0.29, 0.717) is 34.6 Å². The molecule has 25 heavy (non-hydrogen) atoms. The van der Waals surface area contributed by atoms with Gasteiger partial charge in [-0.15, -0.1) is 0 Å². The summed E-state index contributed by atoms with van der Waals surface area (Å²) in [6.07, 6.45) is 0.873. The van der Waals surface area contributed by atoms with Gasteiger partial charge in [0.25, 0.3) is 11.8 Å². The predicted molar refractivity (Wildman–Crippen MR) is 89.0 cm³/mol. The normalized spacial score (nSPS) is 11.9. The van der Waals surface area contributed by atoms with Gasteiger partial charge < -0.3 is 24.0 Å². The maximum Gasteiger partial charge on any atom is 0.263 e. The Morgan fingerprint density at radius 2 is 1.96 bits per heavy atom. The molecule has 2 aromatic heterocycles. The van der Waals surface area contributed by atoms with E-state index in [1.807, 2.05) is 6.92 Å². The SMILES string of the molecule is Cc1oc(-c2ccco2)nc1COc1ccc(OC(C)C(N)=O)cc1. The van der Waals surface area contributed by atoms with Crippen LogP contribution in [0.15, 0.2) is 51.5 Å². The van der Waals surface area contributed by atoms with Crippen LogP contribution < -0.4 is 15.2 Å². The first kappa shape index (κ1) is 16.6. The number of hydrogen-bond acceptors (Lipinski definition) is 6. The molecule has 3 aromatic rings. The summed E-state index contributed by atoms with van der Waals surface area (Å²) >= 11 is 0. The van der Waals surface area contributed by atoms with E-state index >= 15 is 0 Å². The number of primary amides is 1. The van der Waals surface area contributed by atoms with Gasteiger partial charge in [-0.1, -0.05) is 0 Å². The molecule has 7 heteroatoms. The van der Waals surface area contributed by atoms with Crippen LogP contribution >= 0.6 is 0 Å². The quantitative estimate of drug-likeness (QED) is 0.708. The summed E-state index contributed by atoms with van der Waals surface area (Å²) in [6.45, 7) is 3.67. The zero-order valence-electron chi connectivity index (χ0n) is 13.9. The number of nitrogens with zero attached hydrogens (tertiary/aromatic N) is 1. The minimum absolute atomic E-state index is 0.258. The first-order valence-corrected chi connectivity index (χ1v) is 7.72. The third kappa shape index (κ3) is 4.00. The Bertz CT molecular complexity index is 837. The summed E-state index contributed by atoms with van der Waals surface area (Å²) in [5, 5.41) is 0. The van der Waals surface area contributed by atoms with Gasteiger partial charge in [-0.2, -0.15) is 0 Å². The molecule has 130 valence electrons. The summed E-state index contributed by atoms with van der Waals surface area (Å²) in [4.78, 5) is 15.4. The molecule has 2 heterocycles. The molecule has 0 saturated carbocycles. The first-order valence-electron chi connectivity index (χ1n) is 7.72. The van der Waals surface area contributed by atoms with Crippen LogP contribution in [0.1, 0.15) is 18.4 Å². The van der Waals surface area contributed by atoms with Crippen LogP contribution in [0.25, 0.3) is 11.7 Å². The molecular weight excluding hydrogens is 324 g/mol. The van der Waals surface area contributed by atoms with Crippen LogP contribution in [0, 0.1) is 6.92 Å². The van der Waals surface area contributed by atoms with Gasteiger partial charge in [-0.25, -0.2) is 4.98 Å². The second kappa shape index (κ2) is 7.12. The number of benzene rings is 1. The summed E-state index contributed by atoms with van der Waals surface area (Å²) in [7, 11) is 0. The minimum atomic E-state index is -0.690. The standard InChI is InChI=1S/C18H18N2O5/c1-11-15(20-18(25-11)16-4-3-9-22-16)10-23-13-5-7-14(8-6-13)24-12(2)17(19)21/h3-9,12H,10H2,1-2H3,(H2,19,21). The van der Waals surface area contributed by atoms with Crippen molar-refractivity contribution in [1.82, 2.24) is 4.98 Å². The molecule has 0 saturated heterocycles. The van der Waals surface area contributed by atoms with Crippen LogP contribution in [-0.2, 0) is 11.4 Å². The molecule has 0 aliphatic heterocycles. The van der Waals surface area contributed by atoms with E-state index < -0.39 is 12.0 Å². The van der Waals surface area contributed by atoms with Crippen LogP contribution in [0.5, 0.6) is 11.5 Å². The average Bonchev–Trinajstić information content (AvgIpc) is 3.24. The molecule has 3 rings (SSSR count). The fourth-order valence-electron chi connectivity index (χ4n) is 2.10. The number of carbonyl (C=O) groups excluding carboxylic acids is 1. The van der Waals surface area contributed by atoms with Crippen LogP contribution in [-0.4, -0.2) is 17.0 Å². The lowest BCUT2D eigenvalue weighted by atomic mass is 10.3. The summed E-state index contributed by atoms with van der Waals surface area (Å²) in [5.41, 5.74) is 5.85. The Morgan fingerprint density at radius 3 is 2.60 bits per heavy atom. The molecule has 1 aromatic carbocycles. The van der Waals surface area contributed by atoms with Crippen LogP contribution in [0.4, 0.5) is 0 Å². The zero-order chi connectivity index (χ0) is 17.8. The fourth-order valence-corrected chi connectivity index (χ4v) is 2.10. The molecule has 0 aliphatic rings. The molecular formula is C18H18N2O5. The third-order valence-corrected chi connectivity index (χ3v) is 3.54. The van der Waals surface area contributed by atoms with E-state index in [0.717, 1.165) is 0 Å². The molecule has 0 bridgehead atoms. The van der Waals surface area contributed by atoms with Crippen molar-refractivity contribution in [2.45, 2.75) is 26.6 Å². The Balaban J connectivity index is 1.61. The molecule has 7 nitrogen and oxygen atoms in total. The number of rotatable bonds is 7. The van der Waals surface area contributed by atoms with E-state index in [4.69, 9.17) is 24.0 Å². The minimum Gasteiger partial charge on any atom is -0.487 e. The largest absolute Gasteiger partial charge is 0.487 e. The van der Waals surface area contributed by atoms with Gasteiger partial charge in [-0.3, -0.25) is 4.79 Å². The molecule has 1 unspecified atom stereocenters. The van der Waals surface area contributed by atoms with Crippen molar-refractivity contribution in [3.63, 3.8) is 0 Å². The van der Waals surface area contributed by atoms with Crippen molar-refractivity contribution in [1.29, 1.82) is 0 Å². The molecule has 1 amide bonds. The maximum atomic E-state index is 11.0. The maximum absolute atomic E-state index is 11.0. The lowest BCUT2D eigenvalue weighted by Gasteiger charge is -2.11. The smallest absolute Gasteiger partial charge is 0.263 e. The average molecular weight is 342 g/mol. The van der Waals surface area contributed by atoms with Crippen LogP contribution in [0.3, 0.4) is 0 Å². The Labute approximate surface area is 144 Å². The second-order valence-corrected chi connectivity index (χ2v) is 5.42. The highest BCUT2D eigenvalue weighted by molar-refractivity contribution is 5.78. The third-order valence-electron chi connectivity index (χ3n) is 3.54. The second-order valence-electron chi connectivity index (χ2n) is 5.42. The van der Waals surface area contributed by atoms with Crippen molar-refractivity contribution in [3.8, 4) is 23.1 Å². The molecule has 2 N–H and O–H groups in total. The van der Waals surface area contributed by atoms with Gasteiger partial charge in [0.1, 0.15) is 29.6 Å². The lowest BCUT2D eigenvalue weighted by molar-refractivity contribution is -0.123. The summed E-state index contributed by atoms with van der Waals surface area (Å²) < 4.78 is 22.0. The van der Waals surface area contributed by atoms with Gasteiger partial charge in [-0.05, 0) is 50.2 Å². The molecule has 0 fully saturated rings. The first-order chi connectivity index (χ1) is 12.0. The van der Waals surface area contributed by atoms with E-state index in [1.165, 1.54) is 0 Å². The van der Waals surface area contributed by atoms with Crippen molar-refractivity contribution >= 4 is 5.91 Å². The highest BCUT2D eigenvalue weighted by Crippen LogP contribution is 2.24. The van der Waals surface area contributed by atoms with Gasteiger partial charge in [0.15, 0.2) is 11.9 Å². The van der Waals surface area contributed by atoms with Gasteiger partial charge in [0, 0.05) is 0 Å². The highest BCUT2D eigenvalue weighted by atomic mass is 16.5. The molecule has 0 spiro atoms. The zero-order valence-corrected chi connectivity index (χ0v) is 13.9. The number of aromatic nitrogens is 1. The number of oxazole rings is 1. The van der Waals surface area contributed by atoms with E-state index in [-0.39, 0.29) is 6.61 Å². The number of ether oxygens (including phenoxy) is 2. The Morgan fingerprint density at radius 1 is 1.24 bits per heavy atom. The highest BCUT2D eigenvalue weighted by Gasteiger charge is 2.14. The van der Waals surface area contributed by atoms with Crippen molar-refractivity contribution < 1.29 is 23.1 Å². The van der Waals surface area contributed by atoms with E-state index in [9.17, 15) is 4.79 Å². The van der Waals surface area contributed by atoms with Crippen molar-refractivity contribution in [3.05, 3.63) is 54.1 Å². The number of amides is 1. The number of carbonyl (C=O) groups is 1. The molecule has 0 aliphatic carbocycles. The fraction of sp³-hybridized carbons (Fsp3) is 0.222. The van der Waals surface area contributed by atoms with Crippen molar-refractivity contribution in [2.24, 2.45) is 5.73 Å². The topological polar surface area (TPSA) is 101 Å². The number of nitrogens with two attached hydrogens (primary N) is 1. The van der Waals surface area contributed by atoms with E-state index in [1.54, 1.807) is 49.6 Å². The van der Waals surface area contributed by atoms with Gasteiger partial charge in [0.05, 0.1) is 6.26 Å². The van der Waals surface area contributed by atoms with Crippen molar-refractivity contribution in [2.75, 3.05) is 0 Å². The summed E-state index contributed by atoms with van der Waals surface area (Å²) in [5.74, 6) is 2.32. The molecule has 1 atom stereocenters. The monoisotopic (exact) mass is 342 g/mol. The number of furan rings is 1. The van der Waals surface area contributed by atoms with E-state index in [2.05, 4.69) is 4.98 Å². The Hall–Kier alpha value is -3.22. The molecule has 0 radical (unpaired) electrons. The van der Waals surface area contributed by atoms with Gasteiger partial charge in [0.2, 0.25) is 0 Å². The Kier molecular flexibility index (Phi) is 4.74. The number of hydrogen-bond donors (Lipinski definition) is 1. The predicted octanol–water partition coefficient (Wildman–Crippen LogP) is 3.07.